The zero-order chi connectivity index (χ0) is 13.4. The Balaban J connectivity index is 2.05. The van der Waals surface area contributed by atoms with E-state index in [2.05, 4.69) is 24.3 Å². The third-order valence-electron chi connectivity index (χ3n) is 3.02. The summed E-state index contributed by atoms with van der Waals surface area (Å²) in [7, 11) is 0. The van der Waals surface area contributed by atoms with E-state index < -0.39 is 5.79 Å². The van der Waals surface area contributed by atoms with E-state index in [0.29, 0.717) is 6.61 Å². The highest BCUT2D eigenvalue weighted by atomic mass is 16.7. The van der Waals surface area contributed by atoms with Crippen molar-refractivity contribution in [2.45, 2.75) is 51.5 Å². The quantitative estimate of drug-likeness (QED) is 0.896. The van der Waals surface area contributed by atoms with Crippen LogP contribution in [-0.2, 0) is 15.9 Å². The van der Waals surface area contributed by atoms with Crippen molar-refractivity contribution in [3.05, 3.63) is 35.4 Å². The topological polar surface area (TPSA) is 44.5 Å². The number of benzene rings is 1. The van der Waals surface area contributed by atoms with Gasteiger partial charge in [-0.3, -0.25) is 0 Å². The molecule has 3 heteroatoms. The van der Waals surface area contributed by atoms with Gasteiger partial charge in [0, 0.05) is 5.54 Å². The molecule has 1 unspecified atom stereocenters. The Kier molecular flexibility index (Phi) is 3.49. The van der Waals surface area contributed by atoms with Crippen molar-refractivity contribution in [2.75, 3.05) is 6.61 Å². The van der Waals surface area contributed by atoms with Crippen molar-refractivity contribution in [3.63, 3.8) is 0 Å². The van der Waals surface area contributed by atoms with Gasteiger partial charge in [0.25, 0.3) is 0 Å². The molecule has 18 heavy (non-hydrogen) atoms. The summed E-state index contributed by atoms with van der Waals surface area (Å²) in [5.41, 5.74) is 8.27. The lowest BCUT2D eigenvalue weighted by Gasteiger charge is -2.19. The van der Waals surface area contributed by atoms with Crippen molar-refractivity contribution in [1.82, 2.24) is 0 Å². The minimum atomic E-state index is -0.470. The first kappa shape index (κ1) is 13.5. The van der Waals surface area contributed by atoms with Gasteiger partial charge in [-0.25, -0.2) is 0 Å². The van der Waals surface area contributed by atoms with E-state index in [1.807, 2.05) is 27.7 Å². The molecule has 0 radical (unpaired) electrons. The number of rotatable bonds is 3. The molecule has 1 atom stereocenters. The highest BCUT2D eigenvalue weighted by molar-refractivity contribution is 5.26. The number of hydrogen-bond donors (Lipinski definition) is 1. The fourth-order valence-electron chi connectivity index (χ4n) is 2.23. The van der Waals surface area contributed by atoms with Crippen LogP contribution in [0.4, 0.5) is 0 Å². The third kappa shape index (κ3) is 3.55. The minimum Gasteiger partial charge on any atom is -0.347 e. The molecule has 1 heterocycles. The zero-order valence-electron chi connectivity index (χ0n) is 11.7. The summed E-state index contributed by atoms with van der Waals surface area (Å²) in [6.07, 6.45) is 0.917. The molecule has 0 amide bonds. The molecular formula is C15H23NO2. The van der Waals surface area contributed by atoms with Crippen LogP contribution < -0.4 is 5.73 Å². The molecule has 1 aromatic rings. The molecule has 0 aliphatic carbocycles. The van der Waals surface area contributed by atoms with Gasteiger partial charge in [-0.05, 0) is 45.2 Å². The zero-order valence-corrected chi connectivity index (χ0v) is 11.7. The van der Waals surface area contributed by atoms with Crippen LogP contribution in [0.5, 0.6) is 0 Å². The van der Waals surface area contributed by atoms with E-state index in [4.69, 9.17) is 15.2 Å². The van der Waals surface area contributed by atoms with Crippen molar-refractivity contribution in [2.24, 2.45) is 5.73 Å². The fraction of sp³-hybridized carbons (Fsp3) is 0.600. The summed E-state index contributed by atoms with van der Waals surface area (Å²) in [4.78, 5) is 0. The van der Waals surface area contributed by atoms with Crippen molar-refractivity contribution in [3.8, 4) is 0 Å². The monoisotopic (exact) mass is 249 g/mol. The Morgan fingerprint density at radius 3 is 2.33 bits per heavy atom. The smallest absolute Gasteiger partial charge is 0.163 e. The van der Waals surface area contributed by atoms with Gasteiger partial charge in [-0.15, -0.1) is 0 Å². The Labute approximate surface area is 109 Å². The van der Waals surface area contributed by atoms with Gasteiger partial charge in [0.15, 0.2) is 5.79 Å². The lowest BCUT2D eigenvalue weighted by molar-refractivity contribution is -0.139. The predicted molar refractivity (Wildman–Crippen MR) is 72.3 cm³/mol. The summed E-state index contributed by atoms with van der Waals surface area (Å²) < 4.78 is 11.4. The largest absolute Gasteiger partial charge is 0.347 e. The lowest BCUT2D eigenvalue weighted by atomic mass is 9.95. The SMILES string of the molecule is CC(C)(N)Cc1ccc(C2COC(C)(C)O2)cc1. The van der Waals surface area contributed by atoms with Crippen LogP contribution in [0.3, 0.4) is 0 Å². The van der Waals surface area contributed by atoms with E-state index in [0.717, 1.165) is 6.42 Å². The highest BCUT2D eigenvalue weighted by Gasteiger charge is 2.33. The first-order chi connectivity index (χ1) is 8.25. The molecule has 1 saturated heterocycles. The third-order valence-corrected chi connectivity index (χ3v) is 3.02. The molecule has 2 N–H and O–H groups in total. The van der Waals surface area contributed by atoms with Crippen LogP contribution in [0.1, 0.15) is 44.9 Å². The van der Waals surface area contributed by atoms with Gasteiger partial charge in [0.1, 0.15) is 6.10 Å². The van der Waals surface area contributed by atoms with Crippen LogP contribution in [0.15, 0.2) is 24.3 Å². The van der Waals surface area contributed by atoms with E-state index in [1.54, 1.807) is 0 Å². The Hall–Kier alpha value is -0.900. The number of hydrogen-bond acceptors (Lipinski definition) is 3. The first-order valence-corrected chi connectivity index (χ1v) is 6.45. The summed E-state index contributed by atoms with van der Waals surface area (Å²) in [5, 5.41) is 0. The van der Waals surface area contributed by atoms with E-state index in [9.17, 15) is 0 Å². The normalized spacial score (nSPS) is 23.3. The fourth-order valence-corrected chi connectivity index (χ4v) is 2.23. The van der Waals surface area contributed by atoms with Crippen LogP contribution >= 0.6 is 0 Å². The summed E-state index contributed by atoms with van der Waals surface area (Å²) in [6, 6.07) is 8.46. The van der Waals surface area contributed by atoms with Gasteiger partial charge >= 0.3 is 0 Å². The van der Waals surface area contributed by atoms with Crippen LogP contribution in [-0.4, -0.2) is 17.9 Å². The Morgan fingerprint density at radius 1 is 1.28 bits per heavy atom. The maximum atomic E-state index is 6.02. The van der Waals surface area contributed by atoms with Crippen molar-refractivity contribution in [1.29, 1.82) is 0 Å². The Bertz CT molecular complexity index is 403. The highest BCUT2D eigenvalue weighted by Crippen LogP contribution is 2.32. The number of ether oxygens (including phenoxy) is 2. The maximum Gasteiger partial charge on any atom is 0.163 e. The van der Waals surface area contributed by atoms with Crippen molar-refractivity contribution >= 4 is 0 Å². The second kappa shape index (κ2) is 4.65. The van der Waals surface area contributed by atoms with E-state index >= 15 is 0 Å². The standard InChI is InChI=1S/C15H23NO2/c1-14(2,16)9-11-5-7-12(8-6-11)13-10-17-15(3,4)18-13/h5-8,13H,9-10,16H2,1-4H3. The second-order valence-electron chi connectivity index (χ2n) is 6.22. The average molecular weight is 249 g/mol. The molecule has 1 fully saturated rings. The van der Waals surface area contributed by atoms with Crippen molar-refractivity contribution < 1.29 is 9.47 Å². The van der Waals surface area contributed by atoms with E-state index in [-0.39, 0.29) is 11.6 Å². The van der Waals surface area contributed by atoms with Gasteiger partial charge < -0.3 is 15.2 Å². The molecule has 0 aromatic heterocycles. The van der Waals surface area contributed by atoms with Gasteiger partial charge in [0.2, 0.25) is 0 Å². The molecule has 0 bridgehead atoms. The maximum absolute atomic E-state index is 6.02. The predicted octanol–water partition coefficient (Wildman–Crippen LogP) is 2.79. The van der Waals surface area contributed by atoms with E-state index in [1.165, 1.54) is 11.1 Å². The summed E-state index contributed by atoms with van der Waals surface area (Å²) in [5.74, 6) is -0.470. The minimum absolute atomic E-state index is 0.0416. The summed E-state index contributed by atoms with van der Waals surface area (Å²) in [6.45, 7) is 8.58. The first-order valence-electron chi connectivity index (χ1n) is 6.45. The van der Waals surface area contributed by atoms with Crippen LogP contribution in [0, 0.1) is 0 Å². The molecule has 2 rings (SSSR count). The Morgan fingerprint density at radius 2 is 1.89 bits per heavy atom. The molecule has 1 aromatic carbocycles. The lowest BCUT2D eigenvalue weighted by Crippen LogP contribution is -2.34. The second-order valence-corrected chi connectivity index (χ2v) is 6.22. The van der Waals surface area contributed by atoms with Gasteiger partial charge in [-0.2, -0.15) is 0 Å². The molecular weight excluding hydrogens is 226 g/mol. The van der Waals surface area contributed by atoms with Crippen LogP contribution in [0.25, 0.3) is 0 Å². The molecule has 0 spiro atoms. The number of nitrogens with two attached hydrogens (primary N) is 1. The average Bonchev–Trinajstić information content (AvgIpc) is 2.57. The molecule has 1 aliphatic heterocycles. The molecule has 3 nitrogen and oxygen atoms in total. The summed E-state index contributed by atoms with van der Waals surface area (Å²) >= 11 is 0. The van der Waals surface area contributed by atoms with Gasteiger partial charge in [0.05, 0.1) is 6.61 Å². The van der Waals surface area contributed by atoms with Crippen LogP contribution in [0.2, 0.25) is 0 Å². The molecule has 100 valence electrons. The molecule has 0 saturated carbocycles. The van der Waals surface area contributed by atoms with Gasteiger partial charge in [-0.1, -0.05) is 24.3 Å². The molecule has 1 aliphatic rings.